The van der Waals surface area contributed by atoms with E-state index >= 15 is 0 Å². The molecule has 0 amide bonds. The van der Waals surface area contributed by atoms with Gasteiger partial charge in [-0.25, -0.2) is 9.13 Å². The third-order valence-corrected chi connectivity index (χ3v) is 18.3. The number of carbonyl (C=O) groups excluding carboxylic acids is 4. The van der Waals surface area contributed by atoms with Gasteiger partial charge in [-0.15, -0.1) is 0 Å². The number of hydrogen-bond acceptors (Lipinski definition) is 15. The Morgan fingerprint density at radius 1 is 0.319 bits per heavy atom. The van der Waals surface area contributed by atoms with Crippen LogP contribution in [0.4, 0.5) is 0 Å². The van der Waals surface area contributed by atoms with E-state index in [0.29, 0.717) is 31.2 Å². The Bertz CT molecular complexity index is 1830. The van der Waals surface area contributed by atoms with Gasteiger partial charge in [-0.1, -0.05) is 315 Å². The highest BCUT2D eigenvalue weighted by molar-refractivity contribution is 7.47. The molecule has 1 aromatic carbocycles. The molecule has 0 saturated carbocycles. The van der Waals surface area contributed by atoms with E-state index in [0.717, 1.165) is 89.9 Å². The molecule has 0 aliphatic carbocycles. The number of ether oxygens (including phenoxy) is 5. The van der Waals surface area contributed by atoms with Gasteiger partial charge in [-0.05, 0) is 31.2 Å². The largest absolute Gasteiger partial charge is 0.472 e. The Balaban J connectivity index is 2.97. The number of phosphoric acid groups is 2. The highest BCUT2D eigenvalue weighted by atomic mass is 31.2. The third-order valence-electron chi connectivity index (χ3n) is 16.4. The molecule has 0 aliphatic heterocycles. The van der Waals surface area contributed by atoms with E-state index in [-0.39, 0.29) is 32.3 Å². The summed E-state index contributed by atoms with van der Waals surface area (Å²) in [7, 11) is -9.92. The molecule has 532 valence electrons. The summed E-state index contributed by atoms with van der Waals surface area (Å²) in [6.45, 7) is 5.38. The second-order valence-corrected chi connectivity index (χ2v) is 28.2. The van der Waals surface area contributed by atoms with Crippen molar-refractivity contribution in [2.24, 2.45) is 0 Å². The van der Waals surface area contributed by atoms with Crippen molar-refractivity contribution in [2.45, 2.75) is 361 Å². The lowest BCUT2D eigenvalue weighted by molar-refractivity contribution is -0.161. The summed E-state index contributed by atoms with van der Waals surface area (Å²) >= 11 is 0. The number of rotatable bonds is 69. The van der Waals surface area contributed by atoms with Crippen molar-refractivity contribution in [3.8, 4) is 0 Å². The highest BCUT2D eigenvalue weighted by Gasteiger charge is 2.31. The molecule has 19 heteroatoms. The van der Waals surface area contributed by atoms with Gasteiger partial charge in [0.05, 0.1) is 33.0 Å². The normalized spacial score (nSPS) is 13.9. The van der Waals surface area contributed by atoms with E-state index < -0.39 is 97.5 Å². The van der Waals surface area contributed by atoms with Gasteiger partial charge >= 0.3 is 39.5 Å². The Morgan fingerprint density at radius 3 is 0.813 bits per heavy atom. The van der Waals surface area contributed by atoms with Gasteiger partial charge in [0, 0.05) is 25.7 Å². The summed E-state index contributed by atoms with van der Waals surface area (Å²) in [5.74, 6) is -2.06. The Morgan fingerprint density at radius 2 is 0.549 bits per heavy atom. The van der Waals surface area contributed by atoms with Gasteiger partial charge < -0.3 is 33.5 Å². The summed E-state index contributed by atoms with van der Waals surface area (Å²) in [5.41, 5.74) is 0.714. The van der Waals surface area contributed by atoms with Crippen molar-refractivity contribution in [3.05, 3.63) is 35.9 Å². The predicted molar refractivity (Wildman–Crippen MR) is 364 cm³/mol. The van der Waals surface area contributed by atoms with Crippen molar-refractivity contribution in [3.63, 3.8) is 0 Å². The third kappa shape index (κ3) is 58.4. The van der Waals surface area contributed by atoms with Crippen LogP contribution in [0.2, 0.25) is 0 Å². The van der Waals surface area contributed by atoms with Crippen molar-refractivity contribution in [1.82, 2.24) is 0 Å². The van der Waals surface area contributed by atoms with Gasteiger partial charge in [0.25, 0.3) is 0 Å². The number of benzene rings is 1. The molecule has 4 atom stereocenters. The van der Waals surface area contributed by atoms with Crippen LogP contribution in [-0.2, 0) is 76.7 Å². The lowest BCUT2D eigenvalue weighted by Crippen LogP contribution is -2.30. The van der Waals surface area contributed by atoms with Crippen LogP contribution in [0.1, 0.15) is 341 Å². The van der Waals surface area contributed by atoms with Gasteiger partial charge in [0.15, 0.2) is 12.2 Å². The Hall–Kier alpha value is -2.72. The minimum atomic E-state index is -4.96. The summed E-state index contributed by atoms with van der Waals surface area (Å²) in [6.07, 6.45) is 46.2. The summed E-state index contributed by atoms with van der Waals surface area (Å²) in [5, 5.41) is 0. The Kier molecular flexibility index (Phi) is 58.9. The molecule has 0 bridgehead atoms. The minimum Gasteiger partial charge on any atom is -0.462 e. The number of esters is 4. The molecule has 0 spiro atoms. The van der Waals surface area contributed by atoms with Crippen LogP contribution in [0.5, 0.6) is 0 Å². The maximum absolute atomic E-state index is 13.5. The van der Waals surface area contributed by atoms with Crippen molar-refractivity contribution in [1.29, 1.82) is 0 Å². The van der Waals surface area contributed by atoms with Gasteiger partial charge in [-0.2, -0.15) is 0 Å². The fourth-order valence-electron chi connectivity index (χ4n) is 10.7. The van der Waals surface area contributed by atoms with Crippen molar-refractivity contribution >= 4 is 39.5 Å². The summed E-state index contributed by atoms with van der Waals surface area (Å²) in [4.78, 5) is 73.9. The highest BCUT2D eigenvalue weighted by Crippen LogP contribution is 2.46. The standard InChI is InChI=1S/C72H132O17P2/c1-5-9-13-17-21-25-29-33-37-41-48-54-69(73)82-59-67(88-71(75)56-50-43-39-35-31-27-23-19-15-11-7-3)63-86-90(77,78)84-61-66(81-58-65-52-46-45-47-53-65)62-85-91(79,80)87-64-68(89-72(76)57-51-44-40-36-32-28-24-20-16-12-8-4)60-83-70(74)55-49-42-38-34-30-26-22-18-14-10-6-2/h45-47,52-53,66-68H,5-44,48-51,54-64H2,1-4H3,(H,77,78)(H,79,80)/t67-,68-/m1/s1. The lowest BCUT2D eigenvalue weighted by Gasteiger charge is -2.23. The second-order valence-electron chi connectivity index (χ2n) is 25.3. The van der Waals surface area contributed by atoms with E-state index in [1.54, 1.807) is 24.3 Å². The summed E-state index contributed by atoms with van der Waals surface area (Å²) in [6, 6.07) is 8.97. The zero-order valence-electron chi connectivity index (χ0n) is 57.9. The maximum Gasteiger partial charge on any atom is 0.472 e. The molecule has 0 saturated heterocycles. The van der Waals surface area contributed by atoms with E-state index in [2.05, 4.69) is 27.7 Å². The van der Waals surface area contributed by atoms with E-state index in [9.17, 15) is 38.1 Å². The molecular formula is C72H132O17P2. The quantitative estimate of drug-likeness (QED) is 0.0267. The zero-order chi connectivity index (χ0) is 66.4. The average molecular weight is 1330 g/mol. The van der Waals surface area contributed by atoms with Crippen molar-refractivity contribution in [2.75, 3.05) is 39.6 Å². The zero-order valence-corrected chi connectivity index (χ0v) is 59.7. The van der Waals surface area contributed by atoms with E-state index in [4.69, 9.17) is 41.8 Å². The Labute approximate surface area is 553 Å². The molecular weight excluding hydrogens is 1200 g/mol. The van der Waals surface area contributed by atoms with Gasteiger partial charge in [0.1, 0.15) is 19.3 Å². The van der Waals surface area contributed by atoms with E-state index in [1.165, 1.54) is 167 Å². The summed E-state index contributed by atoms with van der Waals surface area (Å²) < 4.78 is 76.7. The molecule has 0 heterocycles. The number of carbonyl (C=O) groups is 4. The molecule has 0 fully saturated rings. The molecule has 2 unspecified atom stereocenters. The van der Waals surface area contributed by atoms with Crippen LogP contribution < -0.4 is 0 Å². The maximum atomic E-state index is 13.5. The fraction of sp³-hybridized carbons (Fsp3) is 0.861. The number of hydrogen-bond donors (Lipinski definition) is 2. The molecule has 0 radical (unpaired) electrons. The van der Waals surface area contributed by atoms with Crippen LogP contribution in [0.3, 0.4) is 0 Å². The van der Waals surface area contributed by atoms with Crippen molar-refractivity contribution < 1.29 is 79.9 Å². The van der Waals surface area contributed by atoms with Gasteiger partial charge in [0.2, 0.25) is 0 Å². The number of phosphoric ester groups is 2. The first kappa shape index (κ1) is 86.3. The monoisotopic (exact) mass is 1330 g/mol. The molecule has 0 aromatic heterocycles. The molecule has 2 N–H and O–H groups in total. The topological polar surface area (TPSA) is 226 Å². The molecule has 0 aliphatic rings. The first-order valence-corrected chi connectivity index (χ1v) is 39.8. The smallest absolute Gasteiger partial charge is 0.462 e. The SMILES string of the molecule is CCCCCCCCCCCCCC(=O)OC[C@H](COP(=O)(O)OCC(COP(=O)(O)OC[C@@H](COC(=O)CCCCCCCCCCCCC)OC(=O)CCCCCCCCCCCCC)OCc1ccccc1)OC(=O)CCCCCCCCCCCCC. The first-order valence-electron chi connectivity index (χ1n) is 36.8. The first-order chi connectivity index (χ1) is 44.2. The fourth-order valence-corrected chi connectivity index (χ4v) is 12.3. The minimum absolute atomic E-state index is 0.0468. The number of unbranched alkanes of at least 4 members (excludes halogenated alkanes) is 40. The van der Waals surface area contributed by atoms with Crippen LogP contribution in [0.15, 0.2) is 30.3 Å². The van der Waals surface area contributed by atoms with Crippen LogP contribution >= 0.6 is 15.6 Å². The lowest BCUT2D eigenvalue weighted by atomic mass is 10.1. The van der Waals surface area contributed by atoms with Crippen LogP contribution in [0, 0.1) is 0 Å². The van der Waals surface area contributed by atoms with Crippen LogP contribution in [-0.4, -0.2) is 91.6 Å². The van der Waals surface area contributed by atoms with Gasteiger partial charge in [-0.3, -0.25) is 37.3 Å². The molecule has 1 aromatic rings. The van der Waals surface area contributed by atoms with Crippen LogP contribution in [0.25, 0.3) is 0 Å². The predicted octanol–water partition coefficient (Wildman–Crippen LogP) is 20.6. The second kappa shape index (κ2) is 62.1. The molecule has 91 heavy (non-hydrogen) atoms. The molecule has 17 nitrogen and oxygen atoms in total. The molecule has 1 rings (SSSR count). The van der Waals surface area contributed by atoms with E-state index in [1.807, 2.05) is 6.07 Å². The average Bonchev–Trinajstić information content (AvgIpc) is 3.49.